The van der Waals surface area contributed by atoms with Crippen molar-refractivity contribution in [1.29, 1.82) is 0 Å². The molecule has 0 unspecified atom stereocenters. The molecule has 27 heavy (non-hydrogen) atoms. The third-order valence-electron chi connectivity index (χ3n) is 4.72. The molecule has 1 saturated heterocycles. The number of hydrogen-bond donors (Lipinski definition) is 0. The van der Waals surface area contributed by atoms with E-state index in [-0.39, 0.29) is 18.2 Å². The van der Waals surface area contributed by atoms with Crippen LogP contribution in [-0.2, 0) is 22.4 Å². The van der Waals surface area contributed by atoms with Gasteiger partial charge in [-0.05, 0) is 31.0 Å². The van der Waals surface area contributed by atoms with Gasteiger partial charge in [-0.25, -0.2) is 0 Å². The highest BCUT2D eigenvalue weighted by molar-refractivity contribution is 5.80. The van der Waals surface area contributed by atoms with Gasteiger partial charge in [0.2, 0.25) is 11.8 Å². The van der Waals surface area contributed by atoms with Crippen LogP contribution in [0.3, 0.4) is 0 Å². The Bertz CT molecular complexity index is 785. The van der Waals surface area contributed by atoms with Crippen molar-refractivity contribution in [3.05, 3.63) is 47.3 Å². The minimum Gasteiger partial charge on any atom is -0.497 e. The van der Waals surface area contributed by atoms with Crippen LogP contribution in [0.2, 0.25) is 0 Å². The summed E-state index contributed by atoms with van der Waals surface area (Å²) in [7, 11) is 1.62. The van der Waals surface area contributed by atoms with Crippen molar-refractivity contribution in [1.82, 2.24) is 15.0 Å². The minimum absolute atomic E-state index is 0.0211. The van der Waals surface area contributed by atoms with Crippen LogP contribution in [0.25, 0.3) is 0 Å². The molecule has 0 saturated carbocycles. The van der Waals surface area contributed by atoms with Gasteiger partial charge in [0.1, 0.15) is 11.5 Å². The minimum atomic E-state index is 0.0211. The van der Waals surface area contributed by atoms with E-state index < -0.39 is 0 Å². The van der Waals surface area contributed by atoms with Crippen LogP contribution in [0.15, 0.2) is 34.9 Å². The quantitative estimate of drug-likeness (QED) is 0.802. The summed E-state index contributed by atoms with van der Waals surface area (Å²) >= 11 is 0. The third kappa shape index (κ3) is 5.09. The van der Waals surface area contributed by atoms with Crippen LogP contribution in [0, 0.1) is 6.92 Å². The Labute approximate surface area is 158 Å². The van der Waals surface area contributed by atoms with Gasteiger partial charge in [0.25, 0.3) is 0 Å². The fraction of sp³-hybridized carbons (Fsp3) is 0.450. The highest BCUT2D eigenvalue weighted by Gasteiger charge is 2.22. The molecule has 1 fully saturated rings. The largest absolute Gasteiger partial charge is 0.497 e. The lowest BCUT2D eigenvalue weighted by molar-refractivity contribution is -0.132. The standard InChI is InChI=1S/C20H25N3O4/c1-15-12-17(21-27-15)14-20(25)23-9-3-8-22(10-11-23)19(24)13-16-4-6-18(26-2)7-5-16/h4-7,12H,3,8-11,13-14H2,1-2H3. The molecule has 2 heterocycles. The number of carbonyl (C=O) groups is 2. The molecule has 1 aromatic heterocycles. The van der Waals surface area contributed by atoms with Crippen molar-refractivity contribution in [3.63, 3.8) is 0 Å². The highest BCUT2D eigenvalue weighted by Crippen LogP contribution is 2.14. The lowest BCUT2D eigenvalue weighted by atomic mass is 10.1. The van der Waals surface area contributed by atoms with Crippen LogP contribution >= 0.6 is 0 Å². The molecule has 2 amide bonds. The molecule has 7 heteroatoms. The predicted molar refractivity (Wildman–Crippen MR) is 99.4 cm³/mol. The van der Waals surface area contributed by atoms with Crippen molar-refractivity contribution in [2.45, 2.75) is 26.2 Å². The molecule has 0 aliphatic carbocycles. The van der Waals surface area contributed by atoms with E-state index in [2.05, 4.69) is 5.16 Å². The second-order valence-electron chi connectivity index (χ2n) is 6.75. The summed E-state index contributed by atoms with van der Waals surface area (Å²) in [6.45, 7) is 4.23. The fourth-order valence-electron chi connectivity index (χ4n) is 3.21. The number of carbonyl (C=O) groups excluding carboxylic acids is 2. The van der Waals surface area contributed by atoms with Crippen molar-refractivity contribution in [3.8, 4) is 5.75 Å². The summed E-state index contributed by atoms with van der Waals surface area (Å²) in [5.41, 5.74) is 1.61. The van der Waals surface area contributed by atoms with Gasteiger partial charge in [-0.1, -0.05) is 17.3 Å². The molecular formula is C20H25N3O4. The molecule has 2 aromatic rings. The van der Waals surface area contributed by atoms with Gasteiger partial charge in [0.15, 0.2) is 0 Å². The Morgan fingerprint density at radius 2 is 1.67 bits per heavy atom. The number of nitrogens with zero attached hydrogens (tertiary/aromatic N) is 3. The zero-order valence-electron chi connectivity index (χ0n) is 15.8. The molecule has 1 aromatic carbocycles. The molecule has 0 N–H and O–H groups in total. The van der Waals surface area contributed by atoms with E-state index in [0.29, 0.717) is 44.1 Å². The number of rotatable bonds is 5. The molecule has 0 bridgehead atoms. The normalized spacial score (nSPS) is 14.7. The number of hydrogen-bond acceptors (Lipinski definition) is 5. The number of amides is 2. The Hall–Kier alpha value is -2.83. The van der Waals surface area contributed by atoms with E-state index in [1.165, 1.54) is 0 Å². The molecule has 0 atom stereocenters. The van der Waals surface area contributed by atoms with E-state index in [4.69, 9.17) is 9.26 Å². The van der Waals surface area contributed by atoms with Crippen LogP contribution < -0.4 is 4.74 Å². The SMILES string of the molecule is COc1ccc(CC(=O)N2CCCN(C(=O)Cc3cc(C)on3)CC2)cc1. The number of aryl methyl sites for hydroxylation is 1. The molecule has 0 spiro atoms. The number of ether oxygens (including phenoxy) is 1. The van der Waals surface area contributed by atoms with Gasteiger partial charge in [-0.2, -0.15) is 0 Å². The van der Waals surface area contributed by atoms with Gasteiger partial charge < -0.3 is 19.1 Å². The van der Waals surface area contributed by atoms with Gasteiger partial charge in [-0.3, -0.25) is 9.59 Å². The van der Waals surface area contributed by atoms with E-state index in [1.54, 1.807) is 20.1 Å². The molecular weight excluding hydrogens is 346 g/mol. The maximum atomic E-state index is 12.6. The van der Waals surface area contributed by atoms with Gasteiger partial charge in [-0.15, -0.1) is 0 Å². The maximum absolute atomic E-state index is 12.6. The summed E-state index contributed by atoms with van der Waals surface area (Å²) in [4.78, 5) is 28.8. The first-order valence-electron chi connectivity index (χ1n) is 9.16. The van der Waals surface area contributed by atoms with Crippen LogP contribution in [0.1, 0.15) is 23.4 Å². The van der Waals surface area contributed by atoms with E-state index in [9.17, 15) is 9.59 Å². The van der Waals surface area contributed by atoms with E-state index >= 15 is 0 Å². The summed E-state index contributed by atoms with van der Waals surface area (Å²) < 4.78 is 10.2. The van der Waals surface area contributed by atoms with Gasteiger partial charge in [0, 0.05) is 32.2 Å². The molecule has 0 radical (unpaired) electrons. The molecule has 144 valence electrons. The van der Waals surface area contributed by atoms with E-state index in [1.807, 2.05) is 34.1 Å². The van der Waals surface area contributed by atoms with Crippen LogP contribution in [-0.4, -0.2) is 60.1 Å². The van der Waals surface area contributed by atoms with Gasteiger partial charge in [0.05, 0.1) is 25.6 Å². The summed E-state index contributed by atoms with van der Waals surface area (Å²) in [5, 5.41) is 3.88. The number of aromatic nitrogens is 1. The molecule has 3 rings (SSSR count). The Balaban J connectivity index is 1.52. The van der Waals surface area contributed by atoms with Crippen LogP contribution in [0.5, 0.6) is 5.75 Å². The summed E-state index contributed by atoms with van der Waals surface area (Å²) in [6, 6.07) is 9.31. The number of methoxy groups -OCH3 is 1. The third-order valence-corrected chi connectivity index (χ3v) is 4.72. The summed E-state index contributed by atoms with van der Waals surface area (Å²) in [6.07, 6.45) is 1.37. The first-order chi connectivity index (χ1) is 13.0. The Morgan fingerprint density at radius 1 is 1.04 bits per heavy atom. The smallest absolute Gasteiger partial charge is 0.228 e. The number of benzene rings is 1. The van der Waals surface area contributed by atoms with Crippen molar-refractivity contribution in [2.75, 3.05) is 33.3 Å². The zero-order chi connectivity index (χ0) is 19.2. The Morgan fingerprint density at radius 3 is 2.22 bits per heavy atom. The zero-order valence-corrected chi connectivity index (χ0v) is 15.8. The van der Waals surface area contributed by atoms with Crippen LogP contribution in [0.4, 0.5) is 0 Å². The predicted octanol–water partition coefficient (Wildman–Crippen LogP) is 1.84. The lowest BCUT2D eigenvalue weighted by Crippen LogP contribution is -2.38. The second-order valence-corrected chi connectivity index (χ2v) is 6.75. The topological polar surface area (TPSA) is 75.9 Å². The Kier molecular flexibility index (Phi) is 6.11. The van der Waals surface area contributed by atoms with Crippen molar-refractivity contribution >= 4 is 11.8 Å². The molecule has 1 aliphatic rings. The second kappa shape index (κ2) is 8.70. The first kappa shape index (κ1) is 18.9. The van der Waals surface area contributed by atoms with E-state index in [0.717, 1.165) is 17.7 Å². The van der Waals surface area contributed by atoms with Crippen molar-refractivity contribution < 1.29 is 18.8 Å². The fourth-order valence-corrected chi connectivity index (χ4v) is 3.21. The summed E-state index contributed by atoms with van der Waals surface area (Å²) in [5.74, 6) is 1.58. The van der Waals surface area contributed by atoms with Crippen molar-refractivity contribution in [2.24, 2.45) is 0 Å². The average Bonchev–Trinajstić information content (AvgIpc) is 2.93. The first-order valence-corrected chi connectivity index (χ1v) is 9.16. The van der Waals surface area contributed by atoms with Gasteiger partial charge >= 0.3 is 0 Å². The lowest BCUT2D eigenvalue weighted by Gasteiger charge is -2.22. The highest BCUT2D eigenvalue weighted by atomic mass is 16.5. The molecule has 1 aliphatic heterocycles. The average molecular weight is 371 g/mol. The monoisotopic (exact) mass is 371 g/mol. The maximum Gasteiger partial charge on any atom is 0.228 e. The molecule has 7 nitrogen and oxygen atoms in total.